The first kappa shape index (κ1) is 19.3. The number of aromatic nitrogens is 1. The van der Waals surface area contributed by atoms with Crippen molar-refractivity contribution in [2.45, 2.75) is 20.3 Å². The van der Waals surface area contributed by atoms with Gasteiger partial charge in [0.05, 0.1) is 5.56 Å². The van der Waals surface area contributed by atoms with Gasteiger partial charge in [0.2, 0.25) is 0 Å². The molecule has 2 N–H and O–H groups in total. The van der Waals surface area contributed by atoms with Gasteiger partial charge in [-0.3, -0.25) is 19.5 Å². The van der Waals surface area contributed by atoms with E-state index in [-0.39, 0.29) is 11.6 Å². The predicted octanol–water partition coefficient (Wildman–Crippen LogP) is 0.670. The van der Waals surface area contributed by atoms with Crippen molar-refractivity contribution in [1.82, 2.24) is 19.7 Å². The molecule has 2 amide bonds. The van der Waals surface area contributed by atoms with Crippen molar-refractivity contribution in [3.63, 3.8) is 0 Å². The molecule has 0 bridgehead atoms. The Morgan fingerprint density at radius 3 is 2.44 bits per heavy atom. The van der Waals surface area contributed by atoms with Gasteiger partial charge in [-0.1, -0.05) is 13.8 Å². The van der Waals surface area contributed by atoms with Gasteiger partial charge in [0.25, 0.3) is 11.8 Å². The highest BCUT2D eigenvalue weighted by Gasteiger charge is 2.22. The largest absolute Gasteiger partial charge is 0.364 e. The van der Waals surface area contributed by atoms with Crippen LogP contribution in [0.1, 0.15) is 41.1 Å². The van der Waals surface area contributed by atoms with Crippen LogP contribution in [-0.4, -0.2) is 83.9 Å². The quantitative estimate of drug-likeness (QED) is 0.747. The fourth-order valence-electron chi connectivity index (χ4n) is 3.12. The Balaban J connectivity index is 2.00. The van der Waals surface area contributed by atoms with Gasteiger partial charge in [-0.15, -0.1) is 0 Å². The number of hydrogen-bond acceptors (Lipinski definition) is 5. The second-order valence-electron chi connectivity index (χ2n) is 6.33. The van der Waals surface area contributed by atoms with Crippen LogP contribution in [-0.2, 0) is 0 Å². The monoisotopic (exact) mass is 347 g/mol. The van der Waals surface area contributed by atoms with Gasteiger partial charge in [-0.05, 0) is 25.1 Å². The van der Waals surface area contributed by atoms with E-state index in [4.69, 9.17) is 5.73 Å². The van der Waals surface area contributed by atoms with Gasteiger partial charge in [0.15, 0.2) is 0 Å². The van der Waals surface area contributed by atoms with E-state index in [1.165, 1.54) is 6.20 Å². The Hall–Kier alpha value is -1.99. The number of nitrogens with two attached hydrogens (primary N) is 1. The Kier molecular flexibility index (Phi) is 7.33. The minimum atomic E-state index is -0.670. The van der Waals surface area contributed by atoms with Crippen LogP contribution in [0.4, 0.5) is 0 Å². The molecule has 0 spiro atoms. The highest BCUT2D eigenvalue weighted by molar-refractivity contribution is 6.05. The van der Waals surface area contributed by atoms with Crippen LogP contribution in [0.2, 0.25) is 0 Å². The molecule has 0 unspecified atom stereocenters. The van der Waals surface area contributed by atoms with Crippen LogP contribution in [0, 0.1) is 0 Å². The minimum Gasteiger partial charge on any atom is -0.364 e. The molecule has 1 aromatic heterocycles. The molecular weight excluding hydrogens is 318 g/mol. The molecule has 1 aromatic rings. The minimum absolute atomic E-state index is 0.0464. The fourth-order valence-corrected chi connectivity index (χ4v) is 3.12. The first-order chi connectivity index (χ1) is 12.1. The Bertz CT molecular complexity index is 585. The molecular formula is C18H29N5O2. The van der Waals surface area contributed by atoms with Crippen molar-refractivity contribution < 1.29 is 9.59 Å². The van der Waals surface area contributed by atoms with E-state index in [1.807, 2.05) is 6.92 Å². The summed E-state index contributed by atoms with van der Waals surface area (Å²) in [5.41, 5.74) is 5.70. The van der Waals surface area contributed by atoms with Crippen molar-refractivity contribution in [1.29, 1.82) is 0 Å². The standard InChI is InChI=1S/C18H29N5O2/c1-3-8-23(14-13-22-11-9-21(4-2)10-12-22)18(25)15-6-5-7-20-16(15)17(19)24/h5-7H,3-4,8-14H2,1-2H3,(H2,19,24). The van der Waals surface area contributed by atoms with E-state index < -0.39 is 5.91 Å². The van der Waals surface area contributed by atoms with E-state index in [0.717, 1.165) is 45.7 Å². The van der Waals surface area contributed by atoms with E-state index in [2.05, 4.69) is 21.7 Å². The van der Waals surface area contributed by atoms with Crippen LogP contribution in [0.15, 0.2) is 18.3 Å². The van der Waals surface area contributed by atoms with Gasteiger partial charge >= 0.3 is 0 Å². The van der Waals surface area contributed by atoms with Crippen LogP contribution in [0.5, 0.6) is 0 Å². The topological polar surface area (TPSA) is 82.8 Å². The maximum Gasteiger partial charge on any atom is 0.268 e. The number of piperazine rings is 1. The molecule has 1 aliphatic heterocycles. The third-order valence-electron chi connectivity index (χ3n) is 4.65. The fraction of sp³-hybridized carbons (Fsp3) is 0.611. The molecule has 138 valence electrons. The van der Waals surface area contributed by atoms with E-state index in [0.29, 0.717) is 18.7 Å². The summed E-state index contributed by atoms with van der Waals surface area (Å²) in [5.74, 6) is -0.841. The van der Waals surface area contributed by atoms with Crippen molar-refractivity contribution in [3.05, 3.63) is 29.6 Å². The molecule has 0 aliphatic carbocycles. The van der Waals surface area contributed by atoms with Gasteiger partial charge in [-0.25, -0.2) is 0 Å². The molecule has 7 heteroatoms. The van der Waals surface area contributed by atoms with Gasteiger partial charge < -0.3 is 15.5 Å². The molecule has 1 fully saturated rings. The number of rotatable bonds is 8. The number of carbonyl (C=O) groups excluding carboxylic acids is 2. The lowest BCUT2D eigenvalue weighted by atomic mass is 10.1. The number of carbonyl (C=O) groups is 2. The Morgan fingerprint density at radius 2 is 1.84 bits per heavy atom. The maximum absolute atomic E-state index is 12.9. The zero-order valence-corrected chi connectivity index (χ0v) is 15.3. The molecule has 7 nitrogen and oxygen atoms in total. The molecule has 0 saturated carbocycles. The van der Waals surface area contributed by atoms with E-state index >= 15 is 0 Å². The summed E-state index contributed by atoms with van der Waals surface area (Å²) in [5, 5.41) is 0. The number of likely N-dealkylation sites (N-methyl/N-ethyl adjacent to an activating group) is 1. The lowest BCUT2D eigenvalue weighted by Gasteiger charge is -2.35. The SMILES string of the molecule is CCCN(CCN1CCN(CC)CC1)C(=O)c1cccnc1C(N)=O. The maximum atomic E-state index is 12.9. The number of pyridine rings is 1. The number of amides is 2. The molecule has 2 rings (SSSR count). The number of nitrogens with zero attached hydrogens (tertiary/aromatic N) is 4. The third kappa shape index (κ3) is 5.24. The van der Waals surface area contributed by atoms with Crippen LogP contribution in [0.25, 0.3) is 0 Å². The normalized spacial score (nSPS) is 15.9. The molecule has 25 heavy (non-hydrogen) atoms. The second-order valence-corrected chi connectivity index (χ2v) is 6.33. The first-order valence-electron chi connectivity index (χ1n) is 9.05. The van der Waals surface area contributed by atoms with Crippen molar-refractivity contribution in [2.75, 3.05) is 52.4 Å². The predicted molar refractivity (Wildman–Crippen MR) is 97.5 cm³/mol. The smallest absolute Gasteiger partial charge is 0.268 e. The van der Waals surface area contributed by atoms with E-state index in [9.17, 15) is 9.59 Å². The summed E-state index contributed by atoms with van der Waals surface area (Å²) in [6, 6.07) is 3.28. The van der Waals surface area contributed by atoms with Gasteiger partial charge in [0.1, 0.15) is 5.69 Å². The van der Waals surface area contributed by atoms with Crippen LogP contribution < -0.4 is 5.73 Å². The average molecular weight is 347 g/mol. The summed E-state index contributed by atoms with van der Waals surface area (Å²) in [6.07, 6.45) is 2.34. The summed E-state index contributed by atoms with van der Waals surface area (Å²) in [6.45, 7) is 11.7. The molecule has 0 radical (unpaired) electrons. The molecule has 1 saturated heterocycles. The van der Waals surface area contributed by atoms with Gasteiger partial charge in [0, 0.05) is 52.0 Å². The lowest BCUT2D eigenvalue weighted by Crippen LogP contribution is -2.49. The number of hydrogen-bond donors (Lipinski definition) is 1. The Labute approximate surface area is 149 Å². The van der Waals surface area contributed by atoms with Crippen LogP contribution in [0.3, 0.4) is 0 Å². The summed E-state index contributed by atoms with van der Waals surface area (Å²) >= 11 is 0. The lowest BCUT2D eigenvalue weighted by molar-refractivity contribution is 0.0703. The zero-order valence-electron chi connectivity index (χ0n) is 15.3. The summed E-state index contributed by atoms with van der Waals surface area (Å²) in [4.78, 5) is 35.0. The molecule has 1 aliphatic rings. The first-order valence-corrected chi connectivity index (χ1v) is 9.05. The Morgan fingerprint density at radius 1 is 1.16 bits per heavy atom. The van der Waals surface area contributed by atoms with Crippen molar-refractivity contribution in [3.8, 4) is 0 Å². The summed E-state index contributed by atoms with van der Waals surface area (Å²) < 4.78 is 0. The zero-order chi connectivity index (χ0) is 18.2. The number of primary amides is 1. The van der Waals surface area contributed by atoms with Crippen LogP contribution >= 0.6 is 0 Å². The van der Waals surface area contributed by atoms with Crippen molar-refractivity contribution in [2.24, 2.45) is 5.73 Å². The van der Waals surface area contributed by atoms with E-state index in [1.54, 1.807) is 17.0 Å². The highest BCUT2D eigenvalue weighted by atomic mass is 16.2. The van der Waals surface area contributed by atoms with Gasteiger partial charge in [-0.2, -0.15) is 0 Å². The second kappa shape index (κ2) is 9.48. The average Bonchev–Trinajstić information content (AvgIpc) is 2.65. The molecule has 0 aromatic carbocycles. The van der Waals surface area contributed by atoms with Crippen molar-refractivity contribution >= 4 is 11.8 Å². The molecule has 2 heterocycles. The molecule has 0 atom stereocenters. The third-order valence-corrected chi connectivity index (χ3v) is 4.65. The highest BCUT2D eigenvalue weighted by Crippen LogP contribution is 2.10. The summed E-state index contributed by atoms with van der Waals surface area (Å²) in [7, 11) is 0.